The van der Waals surface area contributed by atoms with Crippen molar-refractivity contribution in [1.29, 1.82) is 0 Å². The molecule has 3 aromatic carbocycles. The van der Waals surface area contributed by atoms with Crippen LogP contribution in [0.1, 0.15) is 29.8 Å². The quantitative estimate of drug-likeness (QED) is 0.741. The number of benzene rings is 3. The monoisotopic (exact) mass is 366 g/mol. The standard InChI is InChI=1S/C22H22O5/c1-24-19-10-14(11-20(25-2)22(19)26-3)18-12-17(23)16-9-8-13-6-4-5-7-15(13)21(16)27-18/h4-11,17-18,23H,12H2,1-3H3/t17-,18-/m0/s1. The van der Waals surface area contributed by atoms with Crippen LogP contribution in [0, 0.1) is 0 Å². The molecule has 0 bridgehead atoms. The Morgan fingerprint density at radius 1 is 0.926 bits per heavy atom. The van der Waals surface area contributed by atoms with Gasteiger partial charge in [-0.05, 0) is 17.5 Å². The summed E-state index contributed by atoms with van der Waals surface area (Å²) in [7, 11) is 4.74. The summed E-state index contributed by atoms with van der Waals surface area (Å²) in [6.45, 7) is 0. The van der Waals surface area contributed by atoms with E-state index in [1.165, 1.54) is 0 Å². The van der Waals surface area contributed by atoms with Crippen molar-refractivity contribution in [3.8, 4) is 23.0 Å². The summed E-state index contributed by atoms with van der Waals surface area (Å²) in [6, 6.07) is 15.7. The highest BCUT2D eigenvalue weighted by molar-refractivity contribution is 5.90. The minimum absolute atomic E-state index is 0.327. The highest BCUT2D eigenvalue weighted by Crippen LogP contribution is 2.47. The molecule has 0 spiro atoms. The van der Waals surface area contributed by atoms with Crippen molar-refractivity contribution in [2.45, 2.75) is 18.6 Å². The van der Waals surface area contributed by atoms with E-state index in [0.29, 0.717) is 23.7 Å². The molecule has 27 heavy (non-hydrogen) atoms. The van der Waals surface area contributed by atoms with Crippen molar-refractivity contribution < 1.29 is 24.1 Å². The number of hydrogen-bond donors (Lipinski definition) is 1. The van der Waals surface area contributed by atoms with Gasteiger partial charge < -0.3 is 24.1 Å². The number of aliphatic hydroxyl groups excluding tert-OH is 1. The van der Waals surface area contributed by atoms with Crippen LogP contribution in [-0.4, -0.2) is 26.4 Å². The van der Waals surface area contributed by atoms with Gasteiger partial charge in [0.15, 0.2) is 11.5 Å². The number of rotatable bonds is 4. The van der Waals surface area contributed by atoms with Crippen LogP contribution in [-0.2, 0) is 0 Å². The first-order valence-corrected chi connectivity index (χ1v) is 8.82. The summed E-state index contributed by atoms with van der Waals surface area (Å²) in [4.78, 5) is 0. The normalized spacial score (nSPS) is 18.5. The molecule has 0 aromatic heterocycles. The Labute approximate surface area is 158 Å². The molecule has 1 aliphatic rings. The molecular weight excluding hydrogens is 344 g/mol. The number of methoxy groups -OCH3 is 3. The Morgan fingerprint density at radius 3 is 2.30 bits per heavy atom. The molecule has 0 saturated carbocycles. The lowest BCUT2D eigenvalue weighted by Gasteiger charge is -2.31. The van der Waals surface area contributed by atoms with Crippen molar-refractivity contribution in [2.75, 3.05) is 21.3 Å². The smallest absolute Gasteiger partial charge is 0.203 e. The van der Waals surface area contributed by atoms with Gasteiger partial charge in [0.2, 0.25) is 5.75 Å². The maximum atomic E-state index is 10.7. The Kier molecular flexibility index (Phi) is 4.54. The van der Waals surface area contributed by atoms with Crippen LogP contribution in [0.3, 0.4) is 0 Å². The van der Waals surface area contributed by atoms with Crippen LogP contribution in [0.4, 0.5) is 0 Å². The summed E-state index contributed by atoms with van der Waals surface area (Å²) in [5.74, 6) is 2.39. The zero-order chi connectivity index (χ0) is 19.0. The molecule has 1 heterocycles. The van der Waals surface area contributed by atoms with Crippen LogP contribution >= 0.6 is 0 Å². The fourth-order valence-corrected chi connectivity index (χ4v) is 3.67. The zero-order valence-corrected chi connectivity index (χ0v) is 15.6. The van der Waals surface area contributed by atoms with E-state index in [2.05, 4.69) is 0 Å². The van der Waals surface area contributed by atoms with Crippen LogP contribution in [0.15, 0.2) is 48.5 Å². The van der Waals surface area contributed by atoms with Crippen LogP contribution in [0.25, 0.3) is 10.8 Å². The molecule has 0 amide bonds. The van der Waals surface area contributed by atoms with Crippen LogP contribution < -0.4 is 18.9 Å². The first kappa shape index (κ1) is 17.5. The van der Waals surface area contributed by atoms with Crippen molar-refractivity contribution in [3.05, 3.63) is 59.7 Å². The molecule has 0 aliphatic carbocycles. The van der Waals surface area contributed by atoms with Gasteiger partial charge in [-0.3, -0.25) is 0 Å². The predicted molar refractivity (Wildman–Crippen MR) is 103 cm³/mol. The first-order chi connectivity index (χ1) is 13.2. The fourth-order valence-electron chi connectivity index (χ4n) is 3.67. The van der Waals surface area contributed by atoms with Crippen molar-refractivity contribution >= 4 is 10.8 Å². The second-order valence-electron chi connectivity index (χ2n) is 6.52. The van der Waals surface area contributed by atoms with E-state index in [0.717, 1.165) is 27.6 Å². The first-order valence-electron chi connectivity index (χ1n) is 8.82. The van der Waals surface area contributed by atoms with Gasteiger partial charge in [-0.15, -0.1) is 0 Å². The summed E-state index contributed by atoms with van der Waals surface area (Å²) in [5, 5.41) is 12.8. The molecule has 1 aliphatic heterocycles. The third-order valence-corrected chi connectivity index (χ3v) is 5.03. The summed E-state index contributed by atoms with van der Waals surface area (Å²) in [5.41, 5.74) is 1.68. The minimum atomic E-state index is -0.609. The van der Waals surface area contributed by atoms with Crippen molar-refractivity contribution in [3.63, 3.8) is 0 Å². The lowest BCUT2D eigenvalue weighted by atomic mass is 9.92. The van der Waals surface area contributed by atoms with E-state index >= 15 is 0 Å². The van der Waals surface area contributed by atoms with E-state index in [-0.39, 0.29) is 6.10 Å². The molecule has 3 aromatic rings. The fraction of sp³-hybridized carbons (Fsp3) is 0.273. The van der Waals surface area contributed by atoms with Gasteiger partial charge >= 0.3 is 0 Å². The zero-order valence-electron chi connectivity index (χ0n) is 15.6. The van der Waals surface area contributed by atoms with Gasteiger partial charge in [-0.2, -0.15) is 0 Å². The van der Waals surface area contributed by atoms with Gasteiger partial charge in [0, 0.05) is 22.9 Å². The van der Waals surface area contributed by atoms with Gasteiger partial charge in [-0.25, -0.2) is 0 Å². The Bertz CT molecular complexity index is 957. The number of aliphatic hydroxyl groups is 1. The Hall–Kier alpha value is -2.92. The predicted octanol–water partition coefficient (Wildman–Crippen LogP) is 4.42. The maximum Gasteiger partial charge on any atom is 0.203 e. The Morgan fingerprint density at radius 2 is 1.63 bits per heavy atom. The second kappa shape index (κ2) is 7.00. The third-order valence-electron chi connectivity index (χ3n) is 5.03. The average molecular weight is 366 g/mol. The summed E-state index contributed by atoms with van der Waals surface area (Å²) in [6.07, 6.45) is -0.487. The van der Waals surface area contributed by atoms with E-state index in [1.807, 2.05) is 48.5 Å². The van der Waals surface area contributed by atoms with Crippen LogP contribution in [0.5, 0.6) is 23.0 Å². The van der Waals surface area contributed by atoms with E-state index in [9.17, 15) is 5.11 Å². The molecule has 140 valence electrons. The molecule has 5 heteroatoms. The Balaban J connectivity index is 1.80. The second-order valence-corrected chi connectivity index (χ2v) is 6.52. The molecule has 0 saturated heterocycles. The summed E-state index contributed by atoms with van der Waals surface area (Å²) < 4.78 is 22.7. The molecular formula is C22H22O5. The highest BCUT2D eigenvalue weighted by Gasteiger charge is 2.30. The molecule has 0 radical (unpaired) electrons. The van der Waals surface area contributed by atoms with Crippen molar-refractivity contribution in [2.24, 2.45) is 0 Å². The highest BCUT2D eigenvalue weighted by atomic mass is 16.5. The molecule has 1 N–H and O–H groups in total. The van der Waals surface area contributed by atoms with E-state index < -0.39 is 6.10 Å². The van der Waals surface area contributed by atoms with Gasteiger partial charge in [-0.1, -0.05) is 36.4 Å². The number of ether oxygens (including phenoxy) is 4. The molecule has 2 atom stereocenters. The number of hydrogen-bond acceptors (Lipinski definition) is 5. The molecule has 4 rings (SSSR count). The van der Waals surface area contributed by atoms with Gasteiger partial charge in [0.25, 0.3) is 0 Å². The molecule has 5 nitrogen and oxygen atoms in total. The molecule has 0 fully saturated rings. The van der Waals surface area contributed by atoms with Crippen LogP contribution in [0.2, 0.25) is 0 Å². The third kappa shape index (κ3) is 2.94. The SMILES string of the molecule is COc1cc([C@@H]2C[C@H](O)c3ccc4ccccc4c3O2)cc(OC)c1OC. The average Bonchev–Trinajstić information content (AvgIpc) is 2.72. The van der Waals surface area contributed by atoms with Crippen molar-refractivity contribution in [1.82, 2.24) is 0 Å². The lowest BCUT2D eigenvalue weighted by molar-refractivity contribution is 0.0669. The van der Waals surface area contributed by atoms with Gasteiger partial charge in [0.1, 0.15) is 11.9 Å². The van der Waals surface area contributed by atoms with E-state index in [4.69, 9.17) is 18.9 Å². The number of fused-ring (bicyclic) bond motifs is 3. The molecule has 0 unspecified atom stereocenters. The lowest BCUT2D eigenvalue weighted by Crippen LogP contribution is -2.19. The topological polar surface area (TPSA) is 57.2 Å². The summed E-state index contributed by atoms with van der Waals surface area (Å²) >= 11 is 0. The van der Waals surface area contributed by atoms with E-state index in [1.54, 1.807) is 21.3 Å². The largest absolute Gasteiger partial charge is 0.493 e. The van der Waals surface area contributed by atoms with Gasteiger partial charge in [0.05, 0.1) is 27.4 Å². The maximum absolute atomic E-state index is 10.7. The minimum Gasteiger partial charge on any atom is -0.493 e.